The van der Waals surface area contributed by atoms with Crippen LogP contribution >= 0.6 is 0 Å². The zero-order valence-electron chi connectivity index (χ0n) is 14.7. The van der Waals surface area contributed by atoms with Crippen LogP contribution in [-0.4, -0.2) is 78.8 Å². The van der Waals surface area contributed by atoms with E-state index in [0.29, 0.717) is 19.8 Å². The third-order valence-electron chi connectivity index (χ3n) is 3.48. The number of hydrogen-bond donors (Lipinski definition) is 1. The number of methoxy groups -OCH3 is 3. The van der Waals surface area contributed by atoms with Gasteiger partial charge in [0.25, 0.3) is 0 Å². The van der Waals surface area contributed by atoms with Crippen molar-refractivity contribution in [3.63, 3.8) is 0 Å². The molecular weight excluding hydrogens is 268 g/mol. The molecule has 0 saturated carbocycles. The first-order valence-electron chi connectivity index (χ1n) is 8.07. The van der Waals surface area contributed by atoms with Crippen LogP contribution in [0.25, 0.3) is 0 Å². The van der Waals surface area contributed by atoms with Crippen LogP contribution in [0.1, 0.15) is 26.7 Å². The molecule has 0 spiro atoms. The Kier molecular flexibility index (Phi) is 13.3. The van der Waals surface area contributed by atoms with Crippen molar-refractivity contribution in [1.29, 1.82) is 0 Å². The molecule has 0 rings (SSSR count). The average Bonchev–Trinajstić information content (AvgIpc) is 2.44. The quantitative estimate of drug-likeness (QED) is 0.466. The Balaban J connectivity index is 4.59. The van der Waals surface area contributed by atoms with Gasteiger partial charge in [-0.25, -0.2) is 0 Å². The van der Waals surface area contributed by atoms with E-state index < -0.39 is 0 Å². The third-order valence-corrected chi connectivity index (χ3v) is 3.48. The first-order valence-corrected chi connectivity index (χ1v) is 8.07. The van der Waals surface area contributed by atoms with E-state index in [1.54, 1.807) is 21.3 Å². The minimum atomic E-state index is -0.0990. The molecule has 5 nitrogen and oxygen atoms in total. The summed E-state index contributed by atoms with van der Waals surface area (Å²) < 4.78 is 16.3. The summed E-state index contributed by atoms with van der Waals surface area (Å²) in [5.74, 6) is 0. The summed E-state index contributed by atoms with van der Waals surface area (Å²) in [7, 11) is 5.23. The van der Waals surface area contributed by atoms with Gasteiger partial charge in [0.05, 0.1) is 25.2 Å². The fourth-order valence-corrected chi connectivity index (χ4v) is 2.78. The lowest BCUT2D eigenvalue weighted by Crippen LogP contribution is -2.48. The molecule has 0 amide bonds. The second kappa shape index (κ2) is 13.5. The predicted molar refractivity (Wildman–Crippen MR) is 88.0 cm³/mol. The van der Waals surface area contributed by atoms with Crippen molar-refractivity contribution in [3.8, 4) is 0 Å². The molecule has 0 saturated heterocycles. The van der Waals surface area contributed by atoms with E-state index in [2.05, 4.69) is 24.1 Å². The van der Waals surface area contributed by atoms with Crippen LogP contribution < -0.4 is 5.32 Å². The molecule has 0 bridgehead atoms. The van der Waals surface area contributed by atoms with Gasteiger partial charge in [-0.15, -0.1) is 0 Å². The molecule has 0 aromatic rings. The summed E-state index contributed by atoms with van der Waals surface area (Å²) in [4.78, 5) is 2.49. The SMILES string of the molecule is CCCNCCN(CCC)CC(COC)(COC)COC. The van der Waals surface area contributed by atoms with Gasteiger partial charge in [-0.3, -0.25) is 0 Å². The second-order valence-electron chi connectivity index (χ2n) is 5.83. The van der Waals surface area contributed by atoms with E-state index in [1.165, 1.54) is 6.42 Å². The molecule has 0 aliphatic carbocycles. The number of nitrogens with one attached hydrogen (secondary N) is 1. The van der Waals surface area contributed by atoms with Gasteiger partial charge in [0.2, 0.25) is 0 Å². The highest BCUT2D eigenvalue weighted by Crippen LogP contribution is 2.21. The topological polar surface area (TPSA) is 43.0 Å². The van der Waals surface area contributed by atoms with Gasteiger partial charge in [-0.2, -0.15) is 0 Å². The van der Waals surface area contributed by atoms with Crippen molar-refractivity contribution in [2.24, 2.45) is 5.41 Å². The van der Waals surface area contributed by atoms with Gasteiger partial charge < -0.3 is 24.4 Å². The van der Waals surface area contributed by atoms with E-state index in [1.807, 2.05) is 0 Å². The van der Waals surface area contributed by atoms with Gasteiger partial charge in [0.1, 0.15) is 0 Å². The Morgan fingerprint density at radius 3 is 1.81 bits per heavy atom. The molecule has 1 N–H and O–H groups in total. The average molecular weight is 304 g/mol. The zero-order valence-corrected chi connectivity index (χ0v) is 14.7. The lowest BCUT2D eigenvalue weighted by atomic mass is 9.90. The van der Waals surface area contributed by atoms with E-state index in [-0.39, 0.29) is 5.41 Å². The molecule has 21 heavy (non-hydrogen) atoms. The molecule has 0 aliphatic heterocycles. The molecule has 0 unspecified atom stereocenters. The fraction of sp³-hybridized carbons (Fsp3) is 1.00. The van der Waals surface area contributed by atoms with Crippen LogP contribution in [0.2, 0.25) is 0 Å². The first kappa shape index (κ1) is 20.8. The molecule has 0 aliphatic rings. The lowest BCUT2D eigenvalue weighted by molar-refractivity contribution is -0.0559. The summed E-state index contributed by atoms with van der Waals surface area (Å²) in [6.07, 6.45) is 2.32. The number of hydrogen-bond acceptors (Lipinski definition) is 5. The monoisotopic (exact) mass is 304 g/mol. The van der Waals surface area contributed by atoms with Crippen molar-refractivity contribution in [1.82, 2.24) is 10.2 Å². The Bertz CT molecular complexity index is 211. The Labute approximate surface area is 131 Å². The summed E-state index contributed by atoms with van der Waals surface area (Å²) in [5.41, 5.74) is -0.0990. The molecule has 0 aromatic carbocycles. The first-order chi connectivity index (χ1) is 10.2. The van der Waals surface area contributed by atoms with Crippen LogP contribution in [0.15, 0.2) is 0 Å². The van der Waals surface area contributed by atoms with Gasteiger partial charge in [-0.1, -0.05) is 13.8 Å². The molecule has 5 heteroatoms. The Morgan fingerprint density at radius 2 is 1.38 bits per heavy atom. The lowest BCUT2D eigenvalue weighted by Gasteiger charge is -2.37. The minimum absolute atomic E-state index is 0.0990. The standard InChI is InChI=1S/C16H36N2O3/c1-6-8-17-9-11-18(10-7-2)12-16(13-19-3,14-20-4)15-21-5/h17H,6-15H2,1-5H3. The van der Waals surface area contributed by atoms with Gasteiger partial charge in [0, 0.05) is 41.0 Å². The largest absolute Gasteiger partial charge is 0.384 e. The van der Waals surface area contributed by atoms with Crippen molar-refractivity contribution in [2.75, 3.05) is 73.9 Å². The van der Waals surface area contributed by atoms with E-state index in [9.17, 15) is 0 Å². The van der Waals surface area contributed by atoms with E-state index in [0.717, 1.165) is 39.1 Å². The number of rotatable bonds is 15. The third kappa shape index (κ3) is 9.42. The highest BCUT2D eigenvalue weighted by molar-refractivity contribution is 4.83. The maximum atomic E-state index is 5.43. The molecule has 0 aromatic heterocycles. The van der Waals surface area contributed by atoms with Gasteiger partial charge in [-0.05, 0) is 25.9 Å². The van der Waals surface area contributed by atoms with Gasteiger partial charge >= 0.3 is 0 Å². The minimum Gasteiger partial charge on any atom is -0.384 e. The van der Waals surface area contributed by atoms with E-state index >= 15 is 0 Å². The van der Waals surface area contributed by atoms with Crippen molar-refractivity contribution in [2.45, 2.75) is 26.7 Å². The van der Waals surface area contributed by atoms with Crippen LogP contribution in [0.3, 0.4) is 0 Å². The predicted octanol–water partition coefficient (Wildman–Crippen LogP) is 1.62. The maximum absolute atomic E-state index is 5.43. The van der Waals surface area contributed by atoms with Crippen LogP contribution in [0.4, 0.5) is 0 Å². The summed E-state index contributed by atoms with van der Waals surface area (Å²) in [6, 6.07) is 0. The van der Waals surface area contributed by atoms with Crippen molar-refractivity contribution in [3.05, 3.63) is 0 Å². The summed E-state index contributed by atoms with van der Waals surface area (Å²) in [5, 5.41) is 3.47. The summed E-state index contributed by atoms with van der Waals surface area (Å²) >= 11 is 0. The van der Waals surface area contributed by atoms with Crippen molar-refractivity contribution >= 4 is 0 Å². The van der Waals surface area contributed by atoms with Crippen LogP contribution in [-0.2, 0) is 14.2 Å². The van der Waals surface area contributed by atoms with Crippen molar-refractivity contribution < 1.29 is 14.2 Å². The highest BCUT2D eigenvalue weighted by atomic mass is 16.5. The highest BCUT2D eigenvalue weighted by Gasteiger charge is 2.32. The molecule has 128 valence electrons. The zero-order chi connectivity index (χ0) is 16.0. The van der Waals surface area contributed by atoms with Gasteiger partial charge in [0.15, 0.2) is 0 Å². The Hall–Kier alpha value is -0.200. The van der Waals surface area contributed by atoms with Crippen LogP contribution in [0.5, 0.6) is 0 Å². The Morgan fingerprint density at radius 1 is 0.810 bits per heavy atom. The number of ether oxygens (including phenoxy) is 3. The molecule has 0 heterocycles. The summed E-state index contributed by atoms with van der Waals surface area (Å²) in [6.45, 7) is 11.5. The number of nitrogens with zero attached hydrogens (tertiary/aromatic N) is 1. The molecule has 0 atom stereocenters. The molecular formula is C16H36N2O3. The van der Waals surface area contributed by atoms with Crippen LogP contribution in [0, 0.1) is 5.41 Å². The second-order valence-corrected chi connectivity index (χ2v) is 5.83. The maximum Gasteiger partial charge on any atom is 0.0575 e. The van der Waals surface area contributed by atoms with E-state index in [4.69, 9.17) is 14.2 Å². The molecule has 0 radical (unpaired) electrons. The molecule has 0 fully saturated rings. The fourth-order valence-electron chi connectivity index (χ4n) is 2.78. The normalized spacial score (nSPS) is 12.3. The smallest absolute Gasteiger partial charge is 0.0575 e.